The zero-order chi connectivity index (χ0) is 18.8. The molecular formula is C18H13N3O4S. The highest BCUT2D eigenvalue weighted by Gasteiger charge is 2.13. The predicted octanol–water partition coefficient (Wildman–Crippen LogP) is 3.61. The molecule has 0 aliphatic heterocycles. The normalized spacial score (nSPS) is 10.5. The van der Waals surface area contributed by atoms with Crippen LogP contribution in [0.3, 0.4) is 0 Å². The van der Waals surface area contributed by atoms with Gasteiger partial charge in [0.1, 0.15) is 0 Å². The van der Waals surface area contributed by atoms with E-state index in [1.807, 2.05) is 0 Å². The number of nitro groups is 1. The number of nitro benzene ring substituents is 1. The highest BCUT2D eigenvalue weighted by Crippen LogP contribution is 2.21. The van der Waals surface area contributed by atoms with Gasteiger partial charge in [0.2, 0.25) is 5.88 Å². The van der Waals surface area contributed by atoms with Crippen LogP contribution >= 0.6 is 12.2 Å². The SMILES string of the molecule is C=Cc1ccc(-n2c(=O)cc(O)n(-c3ccc([N+](=O)[O-])cc3)c2=S)cc1. The van der Waals surface area contributed by atoms with Crippen molar-refractivity contribution in [1.82, 2.24) is 9.13 Å². The molecule has 26 heavy (non-hydrogen) atoms. The Bertz CT molecular complexity index is 1110. The predicted molar refractivity (Wildman–Crippen MR) is 101 cm³/mol. The molecule has 0 bridgehead atoms. The molecule has 0 unspecified atom stereocenters. The third kappa shape index (κ3) is 3.05. The standard InChI is InChI=1S/C18H13N3O4S/c1-2-12-3-5-13(6-4-12)19-16(22)11-17(23)20(18(19)26)14-7-9-15(10-8-14)21(24)25/h2-11,23H,1H2. The van der Waals surface area contributed by atoms with Crippen molar-refractivity contribution in [3.05, 3.63) is 92.0 Å². The fourth-order valence-corrected chi connectivity index (χ4v) is 2.89. The Hall–Kier alpha value is -3.52. The number of rotatable bonds is 4. The summed E-state index contributed by atoms with van der Waals surface area (Å²) in [6.45, 7) is 3.68. The Balaban J connectivity index is 2.21. The van der Waals surface area contributed by atoms with Gasteiger partial charge in [0.25, 0.3) is 11.2 Å². The van der Waals surface area contributed by atoms with Crippen LogP contribution in [-0.4, -0.2) is 19.2 Å². The molecule has 0 spiro atoms. The van der Waals surface area contributed by atoms with Gasteiger partial charge in [-0.3, -0.25) is 24.0 Å². The van der Waals surface area contributed by atoms with Gasteiger partial charge in [-0.1, -0.05) is 24.8 Å². The molecule has 3 rings (SSSR count). The Labute approximate surface area is 152 Å². The lowest BCUT2D eigenvalue weighted by molar-refractivity contribution is -0.384. The second-order valence-corrected chi connectivity index (χ2v) is 5.73. The molecule has 0 radical (unpaired) electrons. The van der Waals surface area contributed by atoms with Gasteiger partial charge in [-0.2, -0.15) is 0 Å². The molecule has 0 amide bonds. The van der Waals surface area contributed by atoms with Crippen LogP contribution in [0.1, 0.15) is 5.56 Å². The summed E-state index contributed by atoms with van der Waals surface area (Å²) in [4.78, 5) is 22.6. The lowest BCUT2D eigenvalue weighted by Gasteiger charge is -2.14. The molecule has 7 nitrogen and oxygen atoms in total. The van der Waals surface area contributed by atoms with E-state index in [1.165, 1.54) is 33.4 Å². The second-order valence-electron chi connectivity index (χ2n) is 5.36. The van der Waals surface area contributed by atoms with Crippen LogP contribution in [-0.2, 0) is 0 Å². The summed E-state index contributed by atoms with van der Waals surface area (Å²) in [6, 6.07) is 13.5. The van der Waals surface area contributed by atoms with Gasteiger partial charge in [-0.05, 0) is 42.0 Å². The average Bonchev–Trinajstić information content (AvgIpc) is 2.62. The summed E-state index contributed by atoms with van der Waals surface area (Å²) in [5.74, 6) is -0.354. The van der Waals surface area contributed by atoms with Crippen molar-refractivity contribution in [1.29, 1.82) is 0 Å². The van der Waals surface area contributed by atoms with Gasteiger partial charge >= 0.3 is 0 Å². The minimum Gasteiger partial charge on any atom is -0.494 e. The zero-order valence-electron chi connectivity index (χ0n) is 13.4. The van der Waals surface area contributed by atoms with E-state index in [0.717, 1.165) is 11.6 Å². The molecule has 0 atom stereocenters. The minimum atomic E-state index is -0.523. The zero-order valence-corrected chi connectivity index (χ0v) is 14.2. The Morgan fingerprint density at radius 1 is 1.04 bits per heavy atom. The van der Waals surface area contributed by atoms with Gasteiger partial charge in [-0.25, -0.2) is 0 Å². The molecule has 0 aliphatic rings. The minimum absolute atomic E-state index is 0.0372. The third-order valence-electron chi connectivity index (χ3n) is 3.79. The van der Waals surface area contributed by atoms with Crippen molar-refractivity contribution in [3.8, 4) is 17.3 Å². The molecule has 2 aromatic carbocycles. The van der Waals surface area contributed by atoms with Gasteiger partial charge in [0, 0.05) is 12.1 Å². The summed E-state index contributed by atoms with van der Waals surface area (Å²) in [5, 5.41) is 21.0. The maximum atomic E-state index is 12.4. The van der Waals surface area contributed by atoms with Crippen LogP contribution in [0.15, 0.2) is 66.0 Å². The molecule has 0 saturated heterocycles. The first-order chi connectivity index (χ1) is 12.4. The first kappa shape index (κ1) is 17.3. The summed E-state index contributed by atoms with van der Waals surface area (Å²) in [5.41, 5.74) is 1.23. The maximum Gasteiger partial charge on any atom is 0.269 e. The molecule has 3 aromatic rings. The Kier molecular flexibility index (Phi) is 4.51. The van der Waals surface area contributed by atoms with Crippen LogP contribution in [0, 0.1) is 14.9 Å². The Morgan fingerprint density at radius 3 is 2.12 bits per heavy atom. The molecule has 0 aliphatic carbocycles. The van der Waals surface area contributed by atoms with Crippen LogP contribution < -0.4 is 5.56 Å². The number of hydrogen-bond donors (Lipinski definition) is 1. The molecule has 1 N–H and O–H groups in total. The molecular weight excluding hydrogens is 354 g/mol. The van der Waals surface area contributed by atoms with E-state index < -0.39 is 10.5 Å². The van der Waals surface area contributed by atoms with Crippen LogP contribution in [0.2, 0.25) is 0 Å². The van der Waals surface area contributed by atoms with E-state index in [0.29, 0.717) is 11.4 Å². The van der Waals surface area contributed by atoms with Crippen LogP contribution in [0.5, 0.6) is 5.88 Å². The first-order valence-electron chi connectivity index (χ1n) is 7.48. The smallest absolute Gasteiger partial charge is 0.269 e. The van der Waals surface area contributed by atoms with Crippen molar-refractivity contribution in [2.24, 2.45) is 0 Å². The monoisotopic (exact) mass is 367 g/mol. The number of non-ortho nitro benzene ring substituents is 1. The van der Waals surface area contributed by atoms with Crippen molar-refractivity contribution in [3.63, 3.8) is 0 Å². The van der Waals surface area contributed by atoms with E-state index in [4.69, 9.17) is 12.2 Å². The number of aromatic nitrogens is 2. The van der Waals surface area contributed by atoms with Crippen LogP contribution in [0.4, 0.5) is 5.69 Å². The topological polar surface area (TPSA) is 90.3 Å². The highest BCUT2D eigenvalue weighted by atomic mass is 32.1. The maximum absolute atomic E-state index is 12.4. The van der Waals surface area contributed by atoms with Gasteiger partial charge in [0.05, 0.1) is 22.4 Å². The lowest BCUT2D eigenvalue weighted by Crippen LogP contribution is -2.22. The first-order valence-corrected chi connectivity index (χ1v) is 7.89. The number of benzene rings is 2. The average molecular weight is 367 g/mol. The van der Waals surface area contributed by atoms with Crippen LogP contribution in [0.25, 0.3) is 17.5 Å². The summed E-state index contributed by atoms with van der Waals surface area (Å²) < 4.78 is 2.57. The van der Waals surface area contributed by atoms with Crippen molar-refractivity contribution in [2.75, 3.05) is 0 Å². The van der Waals surface area contributed by atoms with Gasteiger partial charge in [-0.15, -0.1) is 0 Å². The van der Waals surface area contributed by atoms with E-state index in [2.05, 4.69) is 6.58 Å². The molecule has 130 valence electrons. The van der Waals surface area contributed by atoms with Gasteiger partial charge < -0.3 is 5.11 Å². The van der Waals surface area contributed by atoms with E-state index in [1.54, 1.807) is 30.3 Å². The lowest BCUT2D eigenvalue weighted by atomic mass is 10.2. The third-order valence-corrected chi connectivity index (χ3v) is 4.16. The number of nitrogens with zero attached hydrogens (tertiary/aromatic N) is 3. The van der Waals surface area contributed by atoms with Crippen molar-refractivity contribution in [2.45, 2.75) is 0 Å². The molecule has 0 fully saturated rings. The van der Waals surface area contributed by atoms with E-state index in [9.17, 15) is 20.0 Å². The number of hydrogen-bond acceptors (Lipinski definition) is 5. The van der Waals surface area contributed by atoms with Crippen molar-refractivity contribution >= 4 is 24.0 Å². The van der Waals surface area contributed by atoms with E-state index in [-0.39, 0.29) is 16.3 Å². The summed E-state index contributed by atoms with van der Waals surface area (Å²) >= 11 is 5.39. The highest BCUT2D eigenvalue weighted by molar-refractivity contribution is 7.71. The second kappa shape index (κ2) is 6.77. The Morgan fingerprint density at radius 2 is 1.58 bits per heavy atom. The van der Waals surface area contributed by atoms with E-state index >= 15 is 0 Å². The summed E-state index contributed by atoms with van der Waals surface area (Å²) in [7, 11) is 0. The summed E-state index contributed by atoms with van der Waals surface area (Å²) in [6.07, 6.45) is 1.68. The van der Waals surface area contributed by atoms with Crippen molar-refractivity contribution < 1.29 is 10.0 Å². The fourth-order valence-electron chi connectivity index (χ4n) is 2.50. The van der Waals surface area contributed by atoms with Gasteiger partial charge in [0.15, 0.2) is 4.77 Å². The molecule has 1 aromatic heterocycles. The molecule has 0 saturated carbocycles. The quantitative estimate of drug-likeness (QED) is 0.432. The largest absolute Gasteiger partial charge is 0.494 e. The number of aromatic hydroxyl groups is 1. The molecule has 8 heteroatoms. The molecule has 1 heterocycles. The fraction of sp³-hybridized carbons (Fsp3) is 0.